The van der Waals surface area contributed by atoms with E-state index in [1.807, 2.05) is 6.92 Å². The van der Waals surface area contributed by atoms with Crippen molar-refractivity contribution in [3.8, 4) is 0 Å². The molecule has 144 valence electrons. The Morgan fingerprint density at radius 2 is 1.12 bits per heavy atom. The van der Waals surface area contributed by atoms with Crippen LogP contribution in [0.1, 0.15) is 90.4 Å². The van der Waals surface area contributed by atoms with Crippen LogP contribution in [-0.4, -0.2) is 20.6 Å². The Labute approximate surface area is 158 Å². The van der Waals surface area contributed by atoms with E-state index in [0.717, 1.165) is 18.8 Å². The Kier molecular flexibility index (Phi) is 16.8. The number of unbranched alkanes of at least 4 members (excludes halogenated alkanes) is 12. The highest BCUT2D eigenvalue weighted by Gasteiger charge is 2.15. The summed E-state index contributed by atoms with van der Waals surface area (Å²) >= 11 is 6.34. The molecule has 0 fully saturated rings. The molecule has 0 heterocycles. The first-order chi connectivity index (χ1) is 11.4. The molecule has 0 saturated heterocycles. The quantitative estimate of drug-likeness (QED) is 0.102. The van der Waals surface area contributed by atoms with Crippen molar-refractivity contribution >= 4 is 18.5 Å². The molecule has 0 aromatic rings. The number of halogens is 1. The van der Waals surface area contributed by atoms with E-state index in [1.165, 1.54) is 89.5 Å². The van der Waals surface area contributed by atoms with Gasteiger partial charge in [0.15, 0.2) is 0 Å². The zero-order valence-electron chi connectivity index (χ0n) is 16.8. The summed E-state index contributed by atoms with van der Waals surface area (Å²) in [6.07, 6.45) is 18.0. The summed E-state index contributed by atoms with van der Waals surface area (Å²) in [5, 5.41) is 0. The second-order valence-corrected chi connectivity index (χ2v) is 15.1. The fourth-order valence-corrected chi connectivity index (χ4v) is 4.43. The maximum atomic E-state index is 6.34. The molecule has 0 aromatic carbocycles. The average molecular weight is 375 g/mol. The van der Waals surface area contributed by atoms with Gasteiger partial charge in [0, 0.05) is 6.61 Å². The normalized spacial score (nSPS) is 11.8. The molecule has 0 N–H and O–H groups in total. The standard InChI is InChI=1S/C21H43ClOSi/c1-21(2)20-23-18-16-14-12-10-8-6-5-7-9-11-13-15-17-19-24(3,4)22/h1,5-20H2,2-4H3. The van der Waals surface area contributed by atoms with E-state index in [-0.39, 0.29) is 0 Å². The summed E-state index contributed by atoms with van der Waals surface area (Å²) in [4.78, 5) is 0. The van der Waals surface area contributed by atoms with Gasteiger partial charge in [-0.15, -0.1) is 0 Å². The van der Waals surface area contributed by atoms with Gasteiger partial charge in [-0.1, -0.05) is 102 Å². The molecule has 0 rings (SSSR count). The molecule has 0 aliphatic heterocycles. The minimum absolute atomic E-state index is 0.729. The van der Waals surface area contributed by atoms with Gasteiger partial charge in [0.2, 0.25) is 0 Å². The lowest BCUT2D eigenvalue weighted by Crippen LogP contribution is -2.14. The molecule has 0 radical (unpaired) electrons. The van der Waals surface area contributed by atoms with Crippen LogP contribution in [0.4, 0.5) is 0 Å². The lowest BCUT2D eigenvalue weighted by molar-refractivity contribution is 0.151. The van der Waals surface area contributed by atoms with E-state index < -0.39 is 7.38 Å². The fourth-order valence-electron chi connectivity index (χ4n) is 2.94. The Hall–Kier alpha value is 0.207. The molecular weight excluding hydrogens is 332 g/mol. The first-order valence-electron chi connectivity index (χ1n) is 10.3. The van der Waals surface area contributed by atoms with Crippen molar-refractivity contribution in [2.75, 3.05) is 13.2 Å². The highest BCUT2D eigenvalue weighted by molar-refractivity contribution is 7.19. The van der Waals surface area contributed by atoms with Crippen molar-refractivity contribution in [2.24, 2.45) is 0 Å². The molecule has 3 heteroatoms. The van der Waals surface area contributed by atoms with Crippen molar-refractivity contribution in [1.82, 2.24) is 0 Å². The van der Waals surface area contributed by atoms with Gasteiger partial charge in [0.1, 0.15) is 7.38 Å². The monoisotopic (exact) mass is 374 g/mol. The van der Waals surface area contributed by atoms with Crippen molar-refractivity contribution in [3.05, 3.63) is 12.2 Å². The number of hydrogen-bond acceptors (Lipinski definition) is 1. The van der Waals surface area contributed by atoms with E-state index >= 15 is 0 Å². The molecule has 0 atom stereocenters. The third-order valence-electron chi connectivity index (χ3n) is 4.41. The molecule has 0 aliphatic rings. The van der Waals surface area contributed by atoms with Crippen molar-refractivity contribution in [2.45, 2.75) is 110 Å². The van der Waals surface area contributed by atoms with Gasteiger partial charge < -0.3 is 4.74 Å². The number of hydrogen-bond donors (Lipinski definition) is 0. The number of rotatable bonds is 18. The fraction of sp³-hybridized carbons (Fsp3) is 0.905. The minimum atomic E-state index is -1.31. The molecule has 0 aliphatic carbocycles. The van der Waals surface area contributed by atoms with Crippen LogP contribution >= 0.6 is 11.1 Å². The van der Waals surface area contributed by atoms with Gasteiger partial charge >= 0.3 is 0 Å². The second kappa shape index (κ2) is 16.7. The largest absolute Gasteiger partial charge is 0.377 e. The summed E-state index contributed by atoms with van der Waals surface area (Å²) in [6.45, 7) is 12.0. The van der Waals surface area contributed by atoms with Gasteiger partial charge in [0.25, 0.3) is 0 Å². The minimum Gasteiger partial charge on any atom is -0.377 e. The van der Waals surface area contributed by atoms with E-state index in [0.29, 0.717) is 0 Å². The Balaban J connectivity index is 3.04. The van der Waals surface area contributed by atoms with Crippen LogP contribution in [0.2, 0.25) is 19.1 Å². The molecule has 0 spiro atoms. The van der Waals surface area contributed by atoms with E-state index in [4.69, 9.17) is 15.8 Å². The Morgan fingerprint density at radius 1 is 0.750 bits per heavy atom. The van der Waals surface area contributed by atoms with Gasteiger partial charge in [-0.2, -0.15) is 11.1 Å². The molecule has 0 amide bonds. The van der Waals surface area contributed by atoms with E-state index in [9.17, 15) is 0 Å². The van der Waals surface area contributed by atoms with Crippen LogP contribution in [0.3, 0.4) is 0 Å². The van der Waals surface area contributed by atoms with Crippen molar-refractivity contribution in [1.29, 1.82) is 0 Å². The molecule has 0 unspecified atom stereocenters. The SMILES string of the molecule is C=C(C)COCCCCCCCCCCCCCCC[Si](C)(C)Cl. The number of ether oxygens (including phenoxy) is 1. The van der Waals surface area contributed by atoms with Gasteiger partial charge in [-0.25, -0.2) is 0 Å². The topological polar surface area (TPSA) is 9.23 Å². The van der Waals surface area contributed by atoms with Gasteiger partial charge in [0.05, 0.1) is 6.61 Å². The lowest BCUT2D eigenvalue weighted by atomic mass is 10.0. The van der Waals surface area contributed by atoms with Crippen LogP contribution in [0.25, 0.3) is 0 Å². The maximum Gasteiger partial charge on any atom is 0.150 e. The summed E-state index contributed by atoms with van der Waals surface area (Å²) in [7, 11) is -1.31. The van der Waals surface area contributed by atoms with Crippen molar-refractivity contribution < 1.29 is 4.74 Å². The van der Waals surface area contributed by atoms with Crippen LogP contribution in [0.15, 0.2) is 12.2 Å². The van der Waals surface area contributed by atoms with Crippen molar-refractivity contribution in [3.63, 3.8) is 0 Å². The first-order valence-corrected chi connectivity index (χ1v) is 14.5. The van der Waals surface area contributed by atoms with Gasteiger partial charge in [-0.05, 0) is 19.4 Å². The van der Waals surface area contributed by atoms with Gasteiger partial charge in [-0.3, -0.25) is 0 Å². The highest BCUT2D eigenvalue weighted by Crippen LogP contribution is 2.19. The molecule has 24 heavy (non-hydrogen) atoms. The predicted molar refractivity (Wildman–Crippen MR) is 114 cm³/mol. The highest BCUT2D eigenvalue weighted by atomic mass is 35.6. The molecular formula is C21H43ClOSi. The van der Waals surface area contributed by atoms with Crippen LogP contribution in [-0.2, 0) is 4.74 Å². The smallest absolute Gasteiger partial charge is 0.150 e. The van der Waals surface area contributed by atoms with Crippen LogP contribution in [0, 0.1) is 0 Å². The summed E-state index contributed by atoms with van der Waals surface area (Å²) in [5.74, 6) is 0. The summed E-state index contributed by atoms with van der Waals surface area (Å²) in [6, 6.07) is 1.29. The van der Waals surface area contributed by atoms with Crippen LogP contribution < -0.4 is 0 Å². The zero-order chi connectivity index (χ0) is 18.1. The van der Waals surface area contributed by atoms with Crippen LogP contribution in [0.5, 0.6) is 0 Å². The maximum absolute atomic E-state index is 6.34. The lowest BCUT2D eigenvalue weighted by Gasteiger charge is -2.11. The Morgan fingerprint density at radius 3 is 1.50 bits per heavy atom. The average Bonchev–Trinajstić information content (AvgIpc) is 2.49. The molecule has 0 aromatic heterocycles. The predicted octanol–water partition coefficient (Wildman–Crippen LogP) is 8.09. The molecule has 0 bridgehead atoms. The third-order valence-corrected chi connectivity index (χ3v) is 6.52. The van der Waals surface area contributed by atoms with E-state index in [2.05, 4.69) is 19.7 Å². The van der Waals surface area contributed by atoms with E-state index in [1.54, 1.807) is 0 Å². The first kappa shape index (κ1) is 24.2. The summed E-state index contributed by atoms with van der Waals surface area (Å²) < 4.78 is 5.51. The second-order valence-electron chi connectivity index (χ2n) is 8.07. The third kappa shape index (κ3) is 22.2. The molecule has 0 saturated carbocycles. The summed E-state index contributed by atoms with van der Waals surface area (Å²) in [5.41, 5.74) is 1.12. The zero-order valence-corrected chi connectivity index (χ0v) is 18.6. The Bertz CT molecular complexity index is 286. The molecule has 1 nitrogen and oxygen atoms in total.